The Hall–Kier alpha value is -4.53. The summed E-state index contributed by atoms with van der Waals surface area (Å²) >= 11 is 0. The summed E-state index contributed by atoms with van der Waals surface area (Å²) in [5.41, 5.74) is 3.51. The van der Waals surface area contributed by atoms with Gasteiger partial charge in [0.15, 0.2) is 0 Å². The van der Waals surface area contributed by atoms with E-state index in [0.717, 1.165) is 35.8 Å². The number of piperazine rings is 1. The predicted octanol–water partition coefficient (Wildman–Crippen LogP) is 5.83. The van der Waals surface area contributed by atoms with Crippen molar-refractivity contribution in [1.29, 1.82) is 0 Å². The van der Waals surface area contributed by atoms with Crippen LogP contribution in [0.15, 0.2) is 90.1 Å². The maximum atomic E-state index is 11.6. The van der Waals surface area contributed by atoms with Crippen LogP contribution in [0.5, 0.6) is 5.75 Å². The molecule has 3 aromatic rings. The van der Waals surface area contributed by atoms with Crippen molar-refractivity contribution < 1.29 is 14.8 Å². The first-order valence-electron chi connectivity index (χ1n) is 12.8. The zero-order valence-electron chi connectivity index (χ0n) is 21.4. The van der Waals surface area contributed by atoms with Gasteiger partial charge in [-0.3, -0.25) is 10.1 Å². The molecule has 5 rings (SSSR count). The summed E-state index contributed by atoms with van der Waals surface area (Å²) in [6.45, 7) is 9.30. The van der Waals surface area contributed by atoms with E-state index in [2.05, 4.69) is 28.5 Å². The van der Waals surface area contributed by atoms with Gasteiger partial charge >= 0.3 is 0 Å². The number of aliphatic hydroxyl groups excluding tert-OH is 1. The van der Waals surface area contributed by atoms with Gasteiger partial charge in [0.05, 0.1) is 34.7 Å². The third kappa shape index (κ3) is 5.13. The van der Waals surface area contributed by atoms with E-state index in [9.17, 15) is 15.2 Å². The van der Waals surface area contributed by atoms with E-state index in [0.29, 0.717) is 31.3 Å². The standard InChI is InChI=1S/C29H31N5O4/c1-3-38-25-11-7-8-22(20-25)31-14-16-32(17-15-31)29-30-27-13-5-4-12-26(27)28(18-21(2)35)33(29)23-9-6-10-24(19-23)34(36)37/h4-13,19-20,28,35H,2-3,14-18H2,1H3. The van der Waals surface area contributed by atoms with E-state index >= 15 is 0 Å². The van der Waals surface area contributed by atoms with Crippen molar-refractivity contribution in [2.45, 2.75) is 19.4 Å². The van der Waals surface area contributed by atoms with Crippen LogP contribution in [0.4, 0.5) is 22.7 Å². The van der Waals surface area contributed by atoms with E-state index in [1.54, 1.807) is 12.1 Å². The molecule has 1 atom stereocenters. The average Bonchev–Trinajstić information content (AvgIpc) is 2.93. The molecule has 1 unspecified atom stereocenters. The highest BCUT2D eigenvalue weighted by atomic mass is 16.6. The van der Waals surface area contributed by atoms with Crippen LogP contribution < -0.4 is 14.5 Å². The Morgan fingerprint density at radius 2 is 1.74 bits per heavy atom. The van der Waals surface area contributed by atoms with E-state index in [-0.39, 0.29) is 23.9 Å². The molecule has 0 aromatic heterocycles. The molecular formula is C29H31N5O4. The molecule has 0 aliphatic carbocycles. The van der Waals surface area contributed by atoms with Crippen molar-refractivity contribution in [3.05, 3.63) is 101 Å². The maximum absolute atomic E-state index is 11.6. The van der Waals surface area contributed by atoms with Crippen LogP contribution in [0.1, 0.15) is 24.9 Å². The molecule has 2 aliphatic rings. The van der Waals surface area contributed by atoms with E-state index in [1.807, 2.05) is 54.3 Å². The van der Waals surface area contributed by atoms with Gasteiger partial charge in [0.2, 0.25) is 5.96 Å². The lowest BCUT2D eigenvalue weighted by Crippen LogP contribution is -2.55. The quantitative estimate of drug-likeness (QED) is 0.241. The molecule has 196 valence electrons. The Labute approximate surface area is 222 Å². The molecule has 9 nitrogen and oxygen atoms in total. The fourth-order valence-electron chi connectivity index (χ4n) is 5.11. The Kier molecular flexibility index (Phi) is 7.17. The number of benzene rings is 3. The Morgan fingerprint density at radius 3 is 2.47 bits per heavy atom. The van der Waals surface area contributed by atoms with Crippen molar-refractivity contribution in [1.82, 2.24) is 4.90 Å². The minimum Gasteiger partial charge on any atom is -0.513 e. The Bertz CT molecular complexity index is 1370. The van der Waals surface area contributed by atoms with Crippen LogP contribution in [0.25, 0.3) is 0 Å². The number of ether oxygens (including phenoxy) is 1. The number of nitro benzene ring substituents is 1. The molecule has 0 saturated carbocycles. The van der Waals surface area contributed by atoms with Crippen LogP contribution in [-0.4, -0.2) is 53.7 Å². The van der Waals surface area contributed by atoms with Gasteiger partial charge in [0, 0.05) is 62.0 Å². The number of nitrogens with zero attached hydrogens (tertiary/aromatic N) is 5. The van der Waals surface area contributed by atoms with Crippen molar-refractivity contribution in [3.63, 3.8) is 0 Å². The van der Waals surface area contributed by atoms with Crippen molar-refractivity contribution in [3.8, 4) is 5.75 Å². The lowest BCUT2D eigenvalue weighted by atomic mass is 9.97. The molecule has 1 fully saturated rings. The summed E-state index contributed by atoms with van der Waals surface area (Å²) < 4.78 is 5.68. The zero-order valence-corrected chi connectivity index (χ0v) is 21.4. The van der Waals surface area contributed by atoms with Crippen LogP contribution in [0.3, 0.4) is 0 Å². The van der Waals surface area contributed by atoms with Gasteiger partial charge in [-0.25, -0.2) is 4.99 Å². The van der Waals surface area contributed by atoms with Gasteiger partial charge in [-0.1, -0.05) is 36.9 Å². The fourth-order valence-corrected chi connectivity index (χ4v) is 5.11. The summed E-state index contributed by atoms with van der Waals surface area (Å²) in [7, 11) is 0. The number of nitro groups is 1. The number of non-ortho nitro benzene ring substituents is 1. The molecule has 0 amide bonds. The van der Waals surface area contributed by atoms with Crippen molar-refractivity contribution >= 4 is 28.7 Å². The number of guanidine groups is 1. The second-order valence-electron chi connectivity index (χ2n) is 9.31. The first kappa shape index (κ1) is 25.1. The first-order chi connectivity index (χ1) is 18.4. The van der Waals surface area contributed by atoms with E-state index in [1.165, 1.54) is 6.07 Å². The third-order valence-corrected chi connectivity index (χ3v) is 6.85. The number of aliphatic imine (C=N–C) groups is 1. The summed E-state index contributed by atoms with van der Waals surface area (Å²) in [4.78, 5) is 22.8. The molecular weight excluding hydrogens is 482 g/mol. The van der Waals surface area contributed by atoms with E-state index < -0.39 is 4.92 Å². The molecule has 0 bridgehead atoms. The number of para-hydroxylation sites is 1. The van der Waals surface area contributed by atoms with Gasteiger partial charge in [0.25, 0.3) is 5.69 Å². The number of aliphatic hydroxyl groups is 1. The molecule has 9 heteroatoms. The molecule has 3 aromatic carbocycles. The number of anilines is 2. The normalized spacial score (nSPS) is 17.0. The van der Waals surface area contributed by atoms with Crippen LogP contribution in [0.2, 0.25) is 0 Å². The largest absolute Gasteiger partial charge is 0.513 e. The van der Waals surface area contributed by atoms with Gasteiger partial charge in [0.1, 0.15) is 5.75 Å². The highest BCUT2D eigenvalue weighted by Gasteiger charge is 2.36. The summed E-state index contributed by atoms with van der Waals surface area (Å²) in [6.07, 6.45) is 0.267. The molecule has 0 radical (unpaired) electrons. The van der Waals surface area contributed by atoms with Crippen LogP contribution in [0, 0.1) is 10.1 Å². The van der Waals surface area contributed by atoms with Crippen molar-refractivity contribution in [2.75, 3.05) is 42.6 Å². The smallest absolute Gasteiger partial charge is 0.271 e. The second-order valence-corrected chi connectivity index (χ2v) is 9.31. The summed E-state index contributed by atoms with van der Waals surface area (Å²) in [5, 5.41) is 21.8. The lowest BCUT2D eigenvalue weighted by molar-refractivity contribution is -0.384. The van der Waals surface area contributed by atoms with Gasteiger partial charge in [-0.15, -0.1) is 0 Å². The van der Waals surface area contributed by atoms with E-state index in [4.69, 9.17) is 9.73 Å². The summed E-state index contributed by atoms with van der Waals surface area (Å²) in [5.74, 6) is 1.60. The SMILES string of the molecule is C=C(O)CC1c2ccccc2N=C(N2CCN(c3cccc(OCC)c3)CC2)N1c1cccc([N+](=O)[O-])c1. The molecule has 2 heterocycles. The third-order valence-electron chi connectivity index (χ3n) is 6.85. The van der Waals surface area contributed by atoms with Crippen LogP contribution >= 0.6 is 0 Å². The molecule has 0 spiro atoms. The first-order valence-corrected chi connectivity index (χ1v) is 12.8. The average molecular weight is 514 g/mol. The summed E-state index contributed by atoms with van der Waals surface area (Å²) in [6, 6.07) is 22.2. The molecule has 2 aliphatic heterocycles. The van der Waals surface area contributed by atoms with Gasteiger partial charge in [-0.05, 0) is 31.2 Å². The minimum atomic E-state index is -0.396. The molecule has 1 N–H and O–H groups in total. The van der Waals surface area contributed by atoms with Gasteiger partial charge < -0.3 is 24.5 Å². The zero-order chi connectivity index (χ0) is 26.6. The van der Waals surface area contributed by atoms with Crippen LogP contribution in [-0.2, 0) is 0 Å². The second kappa shape index (κ2) is 10.8. The number of hydrogen-bond donors (Lipinski definition) is 1. The Balaban J connectivity index is 1.49. The minimum absolute atomic E-state index is 0.00119. The number of hydrogen-bond acceptors (Lipinski definition) is 8. The number of fused-ring (bicyclic) bond motifs is 1. The highest BCUT2D eigenvalue weighted by molar-refractivity contribution is 6.01. The highest BCUT2D eigenvalue weighted by Crippen LogP contribution is 2.42. The molecule has 1 saturated heterocycles. The predicted molar refractivity (Wildman–Crippen MR) is 150 cm³/mol. The van der Waals surface area contributed by atoms with Crippen molar-refractivity contribution in [2.24, 2.45) is 4.99 Å². The lowest BCUT2D eigenvalue weighted by Gasteiger charge is -2.45. The topological polar surface area (TPSA) is 94.7 Å². The van der Waals surface area contributed by atoms with Gasteiger partial charge in [-0.2, -0.15) is 0 Å². The molecule has 38 heavy (non-hydrogen) atoms. The maximum Gasteiger partial charge on any atom is 0.271 e. The Morgan fingerprint density at radius 1 is 1.03 bits per heavy atom. The number of rotatable bonds is 7. The fraction of sp³-hybridized carbons (Fsp3) is 0.276. The monoisotopic (exact) mass is 513 g/mol.